The van der Waals surface area contributed by atoms with Gasteiger partial charge >= 0.3 is 0 Å². The summed E-state index contributed by atoms with van der Waals surface area (Å²) in [7, 11) is 1.64. The summed E-state index contributed by atoms with van der Waals surface area (Å²) >= 11 is 0. The maximum Gasteiger partial charge on any atom is 0.224 e. The Kier molecular flexibility index (Phi) is 7.19. The fraction of sp³-hybridized carbons (Fsp3) is 0.562. The van der Waals surface area contributed by atoms with Crippen molar-refractivity contribution in [3.8, 4) is 5.75 Å². The number of methoxy groups -OCH3 is 1. The number of carbonyl (C=O) groups excluding carboxylic acids is 1. The molecule has 0 aliphatic rings. The third kappa shape index (κ3) is 5.73. The van der Waals surface area contributed by atoms with Gasteiger partial charge in [0.25, 0.3) is 0 Å². The summed E-state index contributed by atoms with van der Waals surface area (Å²) in [4.78, 5) is 11.9. The molecule has 0 saturated carbocycles. The standard InChI is InChI=1S/C16H26N2O3/c1-11-5-6-14(15(9-11)21-8-7-20-4)10-18-16(19)12(2)13(3)17/h5-6,9,12-13H,7-8,10,17H2,1-4H3,(H,18,19). The molecule has 21 heavy (non-hydrogen) atoms. The Morgan fingerprint density at radius 3 is 2.67 bits per heavy atom. The van der Waals surface area contributed by atoms with Gasteiger partial charge in [-0.05, 0) is 25.5 Å². The Morgan fingerprint density at radius 2 is 2.05 bits per heavy atom. The molecule has 5 heteroatoms. The van der Waals surface area contributed by atoms with Gasteiger partial charge in [0, 0.05) is 31.2 Å². The summed E-state index contributed by atoms with van der Waals surface area (Å²) < 4.78 is 10.7. The van der Waals surface area contributed by atoms with Crippen LogP contribution in [0.15, 0.2) is 18.2 Å². The van der Waals surface area contributed by atoms with E-state index in [4.69, 9.17) is 15.2 Å². The summed E-state index contributed by atoms with van der Waals surface area (Å²) in [6.45, 7) is 7.10. The maximum absolute atomic E-state index is 11.9. The van der Waals surface area contributed by atoms with Gasteiger partial charge in [-0.2, -0.15) is 0 Å². The van der Waals surface area contributed by atoms with Crippen LogP contribution in [0.1, 0.15) is 25.0 Å². The average Bonchev–Trinajstić information content (AvgIpc) is 2.45. The zero-order valence-electron chi connectivity index (χ0n) is 13.3. The fourth-order valence-corrected chi connectivity index (χ4v) is 1.76. The first-order valence-corrected chi connectivity index (χ1v) is 7.20. The molecular weight excluding hydrogens is 268 g/mol. The Morgan fingerprint density at radius 1 is 1.33 bits per heavy atom. The molecule has 0 heterocycles. The van der Waals surface area contributed by atoms with Crippen LogP contribution in [0.4, 0.5) is 0 Å². The lowest BCUT2D eigenvalue weighted by Gasteiger charge is -2.17. The Labute approximate surface area is 126 Å². The second-order valence-electron chi connectivity index (χ2n) is 5.32. The molecule has 1 rings (SSSR count). The van der Waals surface area contributed by atoms with Gasteiger partial charge in [0.05, 0.1) is 6.61 Å². The highest BCUT2D eigenvalue weighted by molar-refractivity contribution is 5.78. The molecule has 1 amide bonds. The highest BCUT2D eigenvalue weighted by atomic mass is 16.5. The maximum atomic E-state index is 11.9. The van der Waals surface area contributed by atoms with E-state index in [0.29, 0.717) is 19.8 Å². The number of hydrogen-bond donors (Lipinski definition) is 2. The van der Waals surface area contributed by atoms with E-state index >= 15 is 0 Å². The number of ether oxygens (including phenoxy) is 2. The lowest BCUT2D eigenvalue weighted by atomic mass is 10.0. The van der Waals surface area contributed by atoms with Crippen LogP contribution in [0.5, 0.6) is 5.75 Å². The van der Waals surface area contributed by atoms with Gasteiger partial charge < -0.3 is 20.5 Å². The summed E-state index contributed by atoms with van der Waals surface area (Å²) in [5, 5.41) is 2.90. The highest BCUT2D eigenvalue weighted by Gasteiger charge is 2.17. The molecule has 0 aliphatic heterocycles. The molecule has 0 aliphatic carbocycles. The molecule has 0 saturated heterocycles. The van der Waals surface area contributed by atoms with Crippen molar-refractivity contribution < 1.29 is 14.3 Å². The minimum atomic E-state index is -0.215. The predicted octanol–water partition coefficient (Wildman–Crippen LogP) is 1.62. The van der Waals surface area contributed by atoms with Crippen LogP contribution in [0.25, 0.3) is 0 Å². The van der Waals surface area contributed by atoms with Crippen LogP contribution in [-0.4, -0.2) is 32.3 Å². The van der Waals surface area contributed by atoms with E-state index < -0.39 is 0 Å². The smallest absolute Gasteiger partial charge is 0.224 e. The predicted molar refractivity (Wildman–Crippen MR) is 83.2 cm³/mol. The van der Waals surface area contributed by atoms with Crippen molar-refractivity contribution in [2.45, 2.75) is 33.4 Å². The van der Waals surface area contributed by atoms with Crippen molar-refractivity contribution in [1.29, 1.82) is 0 Å². The molecule has 0 radical (unpaired) electrons. The number of nitrogens with two attached hydrogens (primary N) is 1. The van der Waals surface area contributed by atoms with Gasteiger partial charge in [-0.3, -0.25) is 4.79 Å². The van der Waals surface area contributed by atoms with Crippen molar-refractivity contribution in [2.75, 3.05) is 20.3 Å². The van der Waals surface area contributed by atoms with Crippen LogP contribution in [0.2, 0.25) is 0 Å². The summed E-state index contributed by atoms with van der Waals surface area (Å²) in [6.07, 6.45) is 0. The number of hydrogen-bond acceptors (Lipinski definition) is 4. The third-order valence-electron chi connectivity index (χ3n) is 3.42. The van der Waals surface area contributed by atoms with Gasteiger partial charge in [-0.1, -0.05) is 19.1 Å². The van der Waals surface area contributed by atoms with Crippen molar-refractivity contribution >= 4 is 5.91 Å². The Hall–Kier alpha value is -1.59. The van der Waals surface area contributed by atoms with E-state index in [1.807, 2.05) is 39.0 Å². The lowest BCUT2D eigenvalue weighted by Crippen LogP contribution is -2.38. The van der Waals surface area contributed by atoms with E-state index in [-0.39, 0.29) is 17.9 Å². The normalized spacial score (nSPS) is 13.6. The molecule has 0 bridgehead atoms. The molecular formula is C16H26N2O3. The van der Waals surface area contributed by atoms with Gasteiger partial charge in [0.2, 0.25) is 5.91 Å². The van der Waals surface area contributed by atoms with E-state index in [9.17, 15) is 4.79 Å². The Balaban J connectivity index is 2.67. The van der Waals surface area contributed by atoms with Gasteiger partial charge in [-0.15, -0.1) is 0 Å². The molecule has 0 spiro atoms. The van der Waals surface area contributed by atoms with Crippen LogP contribution in [0.3, 0.4) is 0 Å². The van der Waals surface area contributed by atoms with Crippen LogP contribution in [-0.2, 0) is 16.1 Å². The SMILES string of the molecule is COCCOc1cc(C)ccc1CNC(=O)C(C)C(C)N. The molecule has 0 aromatic heterocycles. The molecule has 2 unspecified atom stereocenters. The minimum absolute atomic E-state index is 0.0478. The molecule has 1 aromatic carbocycles. The number of carbonyl (C=O) groups is 1. The molecule has 1 aromatic rings. The quantitative estimate of drug-likeness (QED) is 0.715. The first-order valence-electron chi connectivity index (χ1n) is 7.20. The fourth-order valence-electron chi connectivity index (χ4n) is 1.76. The number of aryl methyl sites for hydroxylation is 1. The zero-order chi connectivity index (χ0) is 15.8. The lowest BCUT2D eigenvalue weighted by molar-refractivity contribution is -0.125. The number of rotatable bonds is 8. The van der Waals surface area contributed by atoms with E-state index in [1.54, 1.807) is 7.11 Å². The van der Waals surface area contributed by atoms with Crippen LogP contribution >= 0.6 is 0 Å². The zero-order valence-corrected chi connectivity index (χ0v) is 13.3. The van der Waals surface area contributed by atoms with Crippen molar-refractivity contribution in [1.82, 2.24) is 5.32 Å². The second-order valence-corrected chi connectivity index (χ2v) is 5.32. The first-order chi connectivity index (χ1) is 9.95. The van der Waals surface area contributed by atoms with Gasteiger partial charge in [0.1, 0.15) is 12.4 Å². The number of benzene rings is 1. The van der Waals surface area contributed by atoms with Crippen LogP contribution in [0, 0.1) is 12.8 Å². The second kappa shape index (κ2) is 8.64. The van der Waals surface area contributed by atoms with Crippen molar-refractivity contribution in [3.63, 3.8) is 0 Å². The number of amides is 1. The summed E-state index contributed by atoms with van der Waals surface area (Å²) in [5.41, 5.74) is 7.80. The van der Waals surface area contributed by atoms with E-state index in [2.05, 4.69) is 5.32 Å². The number of nitrogens with one attached hydrogen (secondary N) is 1. The largest absolute Gasteiger partial charge is 0.491 e. The molecule has 0 fully saturated rings. The van der Waals surface area contributed by atoms with Crippen molar-refractivity contribution in [3.05, 3.63) is 29.3 Å². The van der Waals surface area contributed by atoms with E-state index in [1.165, 1.54) is 0 Å². The third-order valence-corrected chi connectivity index (χ3v) is 3.42. The van der Waals surface area contributed by atoms with E-state index in [0.717, 1.165) is 16.9 Å². The summed E-state index contributed by atoms with van der Waals surface area (Å²) in [5.74, 6) is 0.516. The summed E-state index contributed by atoms with van der Waals surface area (Å²) in [6, 6.07) is 5.76. The molecule has 118 valence electrons. The Bertz CT molecular complexity index is 461. The topological polar surface area (TPSA) is 73.6 Å². The highest BCUT2D eigenvalue weighted by Crippen LogP contribution is 2.20. The van der Waals surface area contributed by atoms with Gasteiger partial charge in [0.15, 0.2) is 0 Å². The van der Waals surface area contributed by atoms with Crippen molar-refractivity contribution in [2.24, 2.45) is 11.7 Å². The average molecular weight is 294 g/mol. The molecule has 2 atom stereocenters. The monoisotopic (exact) mass is 294 g/mol. The van der Waals surface area contributed by atoms with Crippen LogP contribution < -0.4 is 15.8 Å². The molecule has 5 nitrogen and oxygen atoms in total. The van der Waals surface area contributed by atoms with Gasteiger partial charge in [-0.25, -0.2) is 0 Å². The molecule has 3 N–H and O–H groups in total. The minimum Gasteiger partial charge on any atom is -0.491 e. The first kappa shape index (κ1) is 17.5.